The number of halogens is 1. The lowest BCUT2D eigenvalue weighted by molar-refractivity contribution is -0.117. The summed E-state index contributed by atoms with van der Waals surface area (Å²) in [7, 11) is -1.63. The number of para-hydroxylation sites is 1. The predicted octanol–water partition coefficient (Wildman–Crippen LogP) is 3.29. The van der Waals surface area contributed by atoms with Gasteiger partial charge in [-0.3, -0.25) is 10.2 Å². The Labute approximate surface area is 202 Å². The second-order valence-corrected chi connectivity index (χ2v) is 9.05. The number of benzene rings is 3. The molecule has 0 aliphatic heterocycles. The van der Waals surface area contributed by atoms with Crippen molar-refractivity contribution in [2.75, 3.05) is 18.5 Å². The van der Waals surface area contributed by atoms with E-state index >= 15 is 0 Å². The molecule has 0 aliphatic rings. The van der Waals surface area contributed by atoms with E-state index in [0.29, 0.717) is 10.8 Å². The number of sulfonamides is 1. The number of aromatic hydroxyl groups is 1. The summed E-state index contributed by atoms with van der Waals surface area (Å²) in [5.41, 5.74) is 1.89. The number of carbonyl (C=O) groups excluding carboxylic acids is 1. The molecular weight excluding hydrogens is 482 g/mol. The fourth-order valence-corrected chi connectivity index (χ4v) is 4.74. The van der Waals surface area contributed by atoms with Crippen LogP contribution in [0.5, 0.6) is 17.2 Å². The molecule has 0 saturated carbocycles. The Hall–Kier alpha value is -3.73. The second-order valence-electron chi connectivity index (χ2n) is 6.82. The van der Waals surface area contributed by atoms with E-state index in [9.17, 15) is 18.3 Å². The van der Waals surface area contributed by atoms with E-state index in [2.05, 4.69) is 0 Å². The van der Waals surface area contributed by atoms with Crippen molar-refractivity contribution < 1.29 is 27.8 Å². The van der Waals surface area contributed by atoms with Gasteiger partial charge in [-0.15, -0.1) is 0 Å². The molecule has 0 heterocycles. The number of amides is 1. The monoisotopic (exact) mass is 503 g/mol. The highest BCUT2D eigenvalue weighted by molar-refractivity contribution is 7.93. The Kier molecular flexibility index (Phi) is 7.67. The molecule has 11 heteroatoms. The number of carbonyl (C=O) groups is 1. The van der Waals surface area contributed by atoms with Gasteiger partial charge in [-0.25, -0.2) is 18.6 Å². The number of methoxy groups -OCH3 is 2. The van der Waals surface area contributed by atoms with Crippen LogP contribution in [0.3, 0.4) is 0 Å². The van der Waals surface area contributed by atoms with Gasteiger partial charge in [-0.1, -0.05) is 29.8 Å². The maximum absolute atomic E-state index is 13.9. The normalized spacial score (nSPS) is 11.6. The topological polar surface area (TPSA) is 131 Å². The van der Waals surface area contributed by atoms with Gasteiger partial charge in [-0.05, 0) is 48.5 Å². The van der Waals surface area contributed by atoms with Crippen molar-refractivity contribution in [1.29, 1.82) is 0 Å². The number of nitrogens with two attached hydrogens (primary N) is 1. The zero-order valence-corrected chi connectivity index (χ0v) is 19.8. The highest BCUT2D eigenvalue weighted by Gasteiger charge is 2.33. The van der Waals surface area contributed by atoms with Crippen LogP contribution < -0.4 is 25.0 Å². The van der Waals surface area contributed by atoms with Gasteiger partial charge in [-0.2, -0.15) is 0 Å². The van der Waals surface area contributed by atoms with E-state index in [0.717, 1.165) is 4.31 Å². The van der Waals surface area contributed by atoms with Crippen LogP contribution in [0.25, 0.3) is 6.08 Å². The quantitative estimate of drug-likeness (QED) is 0.186. The van der Waals surface area contributed by atoms with Crippen LogP contribution >= 0.6 is 11.6 Å². The lowest BCUT2D eigenvalue weighted by Gasteiger charge is -2.26. The fraction of sp³-hybridized carbons (Fsp3) is 0.0870. The smallest absolute Gasteiger partial charge is 0.282 e. The number of nitrogens with zero attached hydrogens (tertiary/aromatic N) is 1. The predicted molar refractivity (Wildman–Crippen MR) is 129 cm³/mol. The second kappa shape index (κ2) is 10.5. The molecule has 3 aromatic carbocycles. The van der Waals surface area contributed by atoms with Gasteiger partial charge in [0.2, 0.25) is 0 Å². The zero-order valence-electron chi connectivity index (χ0n) is 18.2. The maximum atomic E-state index is 13.9. The molecule has 0 aliphatic carbocycles. The van der Waals surface area contributed by atoms with Crippen molar-refractivity contribution >= 4 is 39.3 Å². The average molecular weight is 504 g/mol. The molecule has 0 radical (unpaired) electrons. The third-order valence-electron chi connectivity index (χ3n) is 4.77. The van der Waals surface area contributed by atoms with Crippen molar-refractivity contribution in [3.63, 3.8) is 0 Å². The van der Waals surface area contributed by atoms with E-state index in [1.807, 2.05) is 5.43 Å². The number of ether oxygens (including phenoxy) is 2. The fourth-order valence-electron chi connectivity index (χ4n) is 3.11. The molecule has 1 amide bonds. The molecule has 3 rings (SSSR count). The maximum Gasteiger partial charge on any atom is 0.282 e. The number of hydrazine groups is 1. The highest BCUT2D eigenvalue weighted by Crippen LogP contribution is 2.35. The van der Waals surface area contributed by atoms with Crippen LogP contribution in [0, 0.1) is 0 Å². The Morgan fingerprint density at radius 3 is 2.26 bits per heavy atom. The molecule has 0 atom stereocenters. The van der Waals surface area contributed by atoms with Crippen molar-refractivity contribution in [3.8, 4) is 17.2 Å². The van der Waals surface area contributed by atoms with E-state index in [-0.39, 0.29) is 33.3 Å². The minimum atomic E-state index is -4.42. The zero-order chi connectivity index (χ0) is 24.9. The summed E-state index contributed by atoms with van der Waals surface area (Å²) in [6, 6.07) is 16.0. The Bertz CT molecular complexity index is 1330. The summed E-state index contributed by atoms with van der Waals surface area (Å²) >= 11 is 6.00. The lowest BCUT2D eigenvalue weighted by Crippen LogP contribution is -2.41. The Balaban J connectivity index is 2.31. The third kappa shape index (κ3) is 5.09. The number of hydrogen-bond acceptors (Lipinski definition) is 7. The van der Waals surface area contributed by atoms with Gasteiger partial charge in [0, 0.05) is 16.7 Å². The van der Waals surface area contributed by atoms with Crippen molar-refractivity contribution in [3.05, 3.63) is 83.0 Å². The van der Waals surface area contributed by atoms with Crippen LogP contribution in [0.15, 0.2) is 77.3 Å². The first-order valence-electron chi connectivity index (χ1n) is 9.76. The van der Waals surface area contributed by atoms with Crippen LogP contribution in [0.1, 0.15) is 5.56 Å². The third-order valence-corrected chi connectivity index (χ3v) is 6.76. The number of phenolic OH excluding ortho intramolecular Hbond substituents is 1. The van der Waals surface area contributed by atoms with Gasteiger partial charge in [0.25, 0.3) is 15.9 Å². The number of anilines is 1. The summed E-state index contributed by atoms with van der Waals surface area (Å²) < 4.78 is 39.0. The molecule has 0 unspecified atom stereocenters. The van der Waals surface area contributed by atoms with E-state index in [1.54, 1.807) is 12.1 Å². The molecule has 9 nitrogen and oxygen atoms in total. The number of rotatable bonds is 8. The summed E-state index contributed by atoms with van der Waals surface area (Å²) in [6.45, 7) is 0. The van der Waals surface area contributed by atoms with Crippen LogP contribution in [-0.4, -0.2) is 33.7 Å². The number of phenols is 1. The van der Waals surface area contributed by atoms with Gasteiger partial charge < -0.3 is 14.6 Å². The largest absolute Gasteiger partial charge is 0.507 e. The van der Waals surface area contributed by atoms with Crippen molar-refractivity contribution in [1.82, 2.24) is 5.43 Å². The minimum absolute atomic E-state index is 0.101. The van der Waals surface area contributed by atoms with Gasteiger partial charge >= 0.3 is 0 Å². The summed E-state index contributed by atoms with van der Waals surface area (Å²) in [6.07, 6.45) is 1.21. The molecule has 3 aromatic rings. The van der Waals surface area contributed by atoms with E-state index < -0.39 is 15.9 Å². The van der Waals surface area contributed by atoms with E-state index in [4.69, 9.17) is 26.9 Å². The lowest BCUT2D eigenvalue weighted by atomic mass is 10.1. The first-order chi connectivity index (χ1) is 16.2. The first kappa shape index (κ1) is 24.9. The average Bonchev–Trinajstić information content (AvgIpc) is 2.84. The minimum Gasteiger partial charge on any atom is -0.507 e. The van der Waals surface area contributed by atoms with Crippen molar-refractivity contribution in [2.45, 2.75) is 4.90 Å². The number of hydrogen-bond donors (Lipinski definition) is 3. The van der Waals surface area contributed by atoms with Gasteiger partial charge in [0.1, 0.15) is 11.4 Å². The molecule has 0 fully saturated rings. The van der Waals surface area contributed by atoms with Crippen LogP contribution in [-0.2, 0) is 14.8 Å². The molecule has 4 N–H and O–H groups in total. The molecule has 0 saturated heterocycles. The summed E-state index contributed by atoms with van der Waals surface area (Å²) in [5, 5.41) is 10.6. The molecule has 178 valence electrons. The molecule has 0 bridgehead atoms. The standard InChI is InChI=1S/C23H22ClN3O6S/c1-32-21-12-11-18(14-22(21)33-2)34(30,31)27(17-9-7-16(24)8-10-17)19(23(29)26-25)13-15-5-3-4-6-20(15)28/h3-14,28H,25H2,1-2H3,(H,26,29). The first-order valence-corrected chi connectivity index (χ1v) is 11.6. The van der Waals surface area contributed by atoms with Crippen LogP contribution in [0.4, 0.5) is 5.69 Å². The molecule has 0 spiro atoms. The molecule has 34 heavy (non-hydrogen) atoms. The van der Waals surface area contributed by atoms with Crippen molar-refractivity contribution in [2.24, 2.45) is 5.84 Å². The van der Waals surface area contributed by atoms with Gasteiger partial charge in [0.05, 0.1) is 24.8 Å². The van der Waals surface area contributed by atoms with E-state index in [1.165, 1.54) is 74.9 Å². The highest BCUT2D eigenvalue weighted by atomic mass is 35.5. The Morgan fingerprint density at radius 2 is 1.68 bits per heavy atom. The summed E-state index contributed by atoms with van der Waals surface area (Å²) in [5.74, 6) is 4.81. The Morgan fingerprint density at radius 1 is 1.03 bits per heavy atom. The van der Waals surface area contributed by atoms with Crippen LogP contribution in [0.2, 0.25) is 5.02 Å². The molecule has 0 aromatic heterocycles. The summed E-state index contributed by atoms with van der Waals surface area (Å²) in [4.78, 5) is 12.7. The SMILES string of the molecule is COc1ccc(S(=O)(=O)N(C(=Cc2ccccc2O)C(=O)NN)c2ccc(Cl)cc2)cc1OC. The molecular formula is C23H22ClN3O6S. The number of nitrogens with one attached hydrogen (secondary N) is 1. The van der Waals surface area contributed by atoms with Gasteiger partial charge in [0.15, 0.2) is 11.5 Å².